The van der Waals surface area contributed by atoms with E-state index in [0.717, 1.165) is 48.9 Å². The number of hydrogen-bond acceptors (Lipinski definition) is 3. The van der Waals surface area contributed by atoms with E-state index in [4.69, 9.17) is 0 Å². The maximum absolute atomic E-state index is 12.9. The van der Waals surface area contributed by atoms with E-state index in [1.165, 1.54) is 4.90 Å². The van der Waals surface area contributed by atoms with Crippen molar-refractivity contribution in [1.29, 1.82) is 0 Å². The van der Waals surface area contributed by atoms with Crippen molar-refractivity contribution >= 4 is 60.8 Å². The first kappa shape index (κ1) is 21.2. The minimum atomic E-state index is -0.255. The second-order valence-corrected chi connectivity index (χ2v) is 9.76. The summed E-state index contributed by atoms with van der Waals surface area (Å²) in [4.78, 5) is 27.2. The lowest BCUT2D eigenvalue weighted by atomic mass is 10.2. The smallest absolute Gasteiger partial charge is 0.293 e. The van der Waals surface area contributed by atoms with Gasteiger partial charge in [0, 0.05) is 26.0 Å². The normalized spacial score (nSPS) is 15.5. The molecule has 1 aliphatic rings. The molecule has 0 aliphatic carbocycles. The van der Waals surface area contributed by atoms with E-state index in [9.17, 15) is 9.59 Å². The molecule has 2 aromatic carbocycles. The van der Waals surface area contributed by atoms with Gasteiger partial charge in [0.25, 0.3) is 11.1 Å². The standard InChI is InChI=1S/C23H18Br2N2O2S/c1-14-11-17(15(2)27(14)19-9-7-18(24)8-10-19)12-21-22(28)26(23(29)30-21)13-16-5-3-4-6-20(16)25/h3-12H,13H2,1-2H3/b21-12-. The molecule has 0 saturated carbocycles. The van der Waals surface area contributed by atoms with Crippen LogP contribution in [0.25, 0.3) is 11.8 Å². The van der Waals surface area contributed by atoms with E-state index in [2.05, 4.69) is 36.4 Å². The first-order valence-corrected chi connectivity index (χ1v) is 11.7. The highest BCUT2D eigenvalue weighted by Gasteiger charge is 2.35. The maximum Gasteiger partial charge on any atom is 0.293 e. The van der Waals surface area contributed by atoms with Crippen LogP contribution in [0.2, 0.25) is 0 Å². The summed E-state index contributed by atoms with van der Waals surface area (Å²) in [6.07, 6.45) is 1.82. The Morgan fingerprint density at radius 2 is 1.70 bits per heavy atom. The number of aryl methyl sites for hydroxylation is 1. The molecule has 30 heavy (non-hydrogen) atoms. The average Bonchev–Trinajstić information content (AvgIpc) is 3.14. The van der Waals surface area contributed by atoms with Crippen LogP contribution < -0.4 is 0 Å². The molecule has 0 unspecified atom stereocenters. The number of halogens is 2. The number of thioether (sulfide) groups is 1. The van der Waals surface area contributed by atoms with Gasteiger partial charge >= 0.3 is 0 Å². The summed E-state index contributed by atoms with van der Waals surface area (Å²) >= 11 is 7.94. The molecule has 4 rings (SSSR count). The number of hydrogen-bond donors (Lipinski definition) is 0. The molecule has 7 heteroatoms. The van der Waals surface area contributed by atoms with Gasteiger partial charge in [-0.1, -0.05) is 50.1 Å². The van der Waals surface area contributed by atoms with Crippen molar-refractivity contribution < 1.29 is 9.59 Å². The monoisotopic (exact) mass is 544 g/mol. The van der Waals surface area contributed by atoms with Crippen LogP contribution in [-0.2, 0) is 11.3 Å². The van der Waals surface area contributed by atoms with E-state index in [0.29, 0.717) is 4.91 Å². The molecule has 152 valence electrons. The molecule has 0 radical (unpaired) electrons. The number of nitrogens with zero attached hydrogens (tertiary/aromatic N) is 2. The summed E-state index contributed by atoms with van der Waals surface area (Å²) in [5.41, 5.74) is 4.96. The van der Waals surface area contributed by atoms with Gasteiger partial charge in [0.05, 0.1) is 11.4 Å². The molecule has 0 atom stereocenters. The topological polar surface area (TPSA) is 42.3 Å². The lowest BCUT2D eigenvalue weighted by molar-refractivity contribution is -0.123. The molecule has 4 nitrogen and oxygen atoms in total. The molecule has 1 saturated heterocycles. The third-order valence-electron chi connectivity index (χ3n) is 5.00. The molecule has 0 spiro atoms. The van der Waals surface area contributed by atoms with Crippen molar-refractivity contribution in [3.05, 3.63) is 91.0 Å². The predicted molar refractivity (Wildman–Crippen MR) is 129 cm³/mol. The second-order valence-electron chi connectivity index (χ2n) is 7.00. The Labute approximate surface area is 196 Å². The third kappa shape index (κ3) is 4.06. The fourth-order valence-corrected chi connectivity index (χ4v) is 5.00. The highest BCUT2D eigenvalue weighted by molar-refractivity contribution is 9.10. The Morgan fingerprint density at radius 3 is 2.40 bits per heavy atom. The summed E-state index contributed by atoms with van der Waals surface area (Å²) in [5.74, 6) is -0.255. The van der Waals surface area contributed by atoms with Crippen LogP contribution in [0.1, 0.15) is 22.5 Å². The van der Waals surface area contributed by atoms with E-state index in [1.807, 2.05) is 74.5 Å². The van der Waals surface area contributed by atoms with E-state index < -0.39 is 0 Å². The molecule has 1 aromatic heterocycles. The molecular formula is C23H18Br2N2O2S. The number of aromatic nitrogens is 1. The number of carbonyl (C=O) groups excluding carboxylic acids is 2. The molecule has 2 amide bonds. The van der Waals surface area contributed by atoms with Gasteiger partial charge < -0.3 is 4.57 Å². The summed E-state index contributed by atoms with van der Waals surface area (Å²) < 4.78 is 4.04. The Bertz CT molecular complexity index is 1180. The van der Waals surface area contributed by atoms with Crippen LogP contribution in [0.3, 0.4) is 0 Å². The van der Waals surface area contributed by atoms with Crippen LogP contribution in [0, 0.1) is 13.8 Å². The summed E-state index contributed by atoms with van der Waals surface area (Å²) in [6, 6.07) is 17.7. The molecule has 2 heterocycles. The molecular weight excluding hydrogens is 528 g/mol. The Kier molecular flexibility index (Phi) is 6.04. The quantitative estimate of drug-likeness (QED) is 0.336. The SMILES string of the molecule is Cc1cc(/C=C2\SC(=O)N(Cc3ccccc3Br)C2=O)c(C)n1-c1ccc(Br)cc1. The average molecular weight is 546 g/mol. The zero-order valence-corrected chi connectivity index (χ0v) is 20.3. The van der Waals surface area contributed by atoms with Crippen LogP contribution in [0.15, 0.2) is 68.4 Å². The summed E-state index contributed by atoms with van der Waals surface area (Å²) in [6.45, 7) is 4.30. The van der Waals surface area contributed by atoms with Crippen LogP contribution in [-0.4, -0.2) is 20.6 Å². The highest BCUT2D eigenvalue weighted by atomic mass is 79.9. The number of amides is 2. The van der Waals surface area contributed by atoms with Gasteiger partial charge in [-0.05, 0) is 79.2 Å². The van der Waals surface area contributed by atoms with Crippen molar-refractivity contribution in [2.75, 3.05) is 0 Å². The van der Waals surface area contributed by atoms with Crippen LogP contribution >= 0.6 is 43.6 Å². The van der Waals surface area contributed by atoms with Gasteiger partial charge in [0.2, 0.25) is 0 Å². The van der Waals surface area contributed by atoms with Crippen molar-refractivity contribution in [3.63, 3.8) is 0 Å². The third-order valence-corrected chi connectivity index (χ3v) is 7.21. The Balaban J connectivity index is 1.63. The van der Waals surface area contributed by atoms with Gasteiger partial charge in [-0.3, -0.25) is 14.5 Å². The second kappa shape index (κ2) is 8.57. The fourth-order valence-electron chi connectivity index (χ4n) is 3.50. The zero-order chi connectivity index (χ0) is 21.4. The zero-order valence-electron chi connectivity index (χ0n) is 16.4. The largest absolute Gasteiger partial charge is 0.318 e. The van der Waals surface area contributed by atoms with E-state index >= 15 is 0 Å². The highest BCUT2D eigenvalue weighted by Crippen LogP contribution is 2.35. The lowest BCUT2D eigenvalue weighted by Gasteiger charge is -2.13. The molecule has 1 aliphatic heterocycles. The maximum atomic E-state index is 12.9. The minimum absolute atomic E-state index is 0.247. The first-order valence-electron chi connectivity index (χ1n) is 9.29. The molecule has 0 bridgehead atoms. The molecule has 3 aromatic rings. The van der Waals surface area contributed by atoms with Crippen molar-refractivity contribution in [3.8, 4) is 5.69 Å². The van der Waals surface area contributed by atoms with Crippen molar-refractivity contribution in [2.45, 2.75) is 20.4 Å². The van der Waals surface area contributed by atoms with Gasteiger partial charge in [0.1, 0.15) is 0 Å². The number of carbonyl (C=O) groups is 2. The van der Waals surface area contributed by atoms with Crippen molar-refractivity contribution in [2.24, 2.45) is 0 Å². The van der Waals surface area contributed by atoms with E-state index in [1.54, 1.807) is 0 Å². The van der Waals surface area contributed by atoms with Crippen LogP contribution in [0.5, 0.6) is 0 Å². The van der Waals surface area contributed by atoms with Crippen LogP contribution in [0.4, 0.5) is 4.79 Å². The molecule has 0 N–H and O–H groups in total. The van der Waals surface area contributed by atoms with Gasteiger partial charge in [-0.15, -0.1) is 0 Å². The summed E-state index contributed by atoms with van der Waals surface area (Å²) in [7, 11) is 0. The van der Waals surface area contributed by atoms with Gasteiger partial charge in [-0.25, -0.2) is 0 Å². The van der Waals surface area contributed by atoms with Gasteiger partial charge in [0.15, 0.2) is 0 Å². The van der Waals surface area contributed by atoms with Crippen molar-refractivity contribution in [1.82, 2.24) is 9.47 Å². The Morgan fingerprint density at radius 1 is 1.00 bits per heavy atom. The fraction of sp³-hybridized carbons (Fsp3) is 0.130. The number of rotatable bonds is 4. The molecule has 1 fully saturated rings. The van der Waals surface area contributed by atoms with E-state index in [-0.39, 0.29) is 17.7 Å². The Hall–Kier alpha value is -2.09. The minimum Gasteiger partial charge on any atom is -0.318 e. The number of imide groups is 1. The lowest BCUT2D eigenvalue weighted by Crippen LogP contribution is -2.27. The van der Waals surface area contributed by atoms with Gasteiger partial charge in [-0.2, -0.15) is 0 Å². The number of benzene rings is 2. The summed E-state index contributed by atoms with van der Waals surface area (Å²) in [5, 5.41) is -0.247. The predicted octanol–water partition coefficient (Wildman–Crippen LogP) is 6.86. The first-order chi connectivity index (χ1) is 14.3.